The van der Waals surface area contributed by atoms with Gasteiger partial charge in [0.05, 0.1) is 6.42 Å². The summed E-state index contributed by atoms with van der Waals surface area (Å²) in [7, 11) is 0. The average molecular weight is 135 g/mol. The van der Waals surface area contributed by atoms with Crippen LogP contribution in [-0.2, 0) is 9.59 Å². The first-order chi connectivity index (χ1) is 4.04. The van der Waals surface area contributed by atoms with Gasteiger partial charge in [-0.1, -0.05) is 0 Å². The van der Waals surface area contributed by atoms with Gasteiger partial charge in [0.2, 0.25) is 0 Å². The van der Waals surface area contributed by atoms with Gasteiger partial charge < -0.3 is 15.3 Å². The van der Waals surface area contributed by atoms with Crippen molar-refractivity contribution in [2.24, 2.45) is 0 Å². The van der Waals surface area contributed by atoms with Crippen molar-refractivity contribution in [2.45, 2.75) is 12.5 Å². The van der Waals surface area contributed by atoms with E-state index in [1.807, 2.05) is 0 Å². The first-order valence-corrected chi connectivity index (χ1v) is 2.16. The van der Waals surface area contributed by atoms with Crippen LogP contribution in [-0.4, -0.2) is 33.4 Å². The fourth-order valence-corrected chi connectivity index (χ4v) is 0.253. The maximum absolute atomic E-state index is 9.72. The molecule has 0 bridgehead atoms. The highest BCUT2D eigenvalue weighted by Gasteiger charge is 2.16. The Morgan fingerprint density at radius 2 is 1.78 bits per heavy atom. The summed E-state index contributed by atoms with van der Waals surface area (Å²) < 4.78 is 0. The molecular weight excluding hydrogens is 129 g/mol. The van der Waals surface area contributed by atoms with E-state index >= 15 is 0 Å². The quantitative estimate of drug-likeness (QED) is 0.427. The SMILES string of the molecule is O=C(O)C(O)C[13C](=O)O. The number of aliphatic hydroxyl groups excluding tert-OH is 1. The summed E-state index contributed by atoms with van der Waals surface area (Å²) in [6.07, 6.45) is -2.54. The van der Waals surface area contributed by atoms with Crippen molar-refractivity contribution >= 4 is 11.9 Å². The summed E-state index contributed by atoms with van der Waals surface area (Å²) in [5, 5.41) is 24.1. The number of aliphatic hydroxyl groups is 1. The molecule has 1 unspecified atom stereocenters. The minimum atomic E-state index is -1.79. The third-order valence-electron chi connectivity index (χ3n) is 0.653. The van der Waals surface area contributed by atoms with Crippen LogP contribution in [0.25, 0.3) is 0 Å². The largest absolute Gasteiger partial charge is 0.481 e. The maximum Gasteiger partial charge on any atom is 0.333 e. The summed E-state index contributed by atoms with van der Waals surface area (Å²) >= 11 is 0. The van der Waals surface area contributed by atoms with Gasteiger partial charge in [-0.3, -0.25) is 4.79 Å². The minimum absolute atomic E-state index is 0.755. The lowest BCUT2D eigenvalue weighted by molar-refractivity contribution is -0.152. The van der Waals surface area contributed by atoms with Gasteiger partial charge >= 0.3 is 11.9 Å². The average Bonchev–Trinajstić information content (AvgIpc) is 1.63. The zero-order valence-electron chi connectivity index (χ0n) is 4.44. The lowest BCUT2D eigenvalue weighted by Gasteiger charge is -1.97. The van der Waals surface area contributed by atoms with Gasteiger partial charge in [-0.25, -0.2) is 4.79 Å². The number of carboxylic acid groups (broad SMARTS) is 2. The fraction of sp³-hybridized carbons (Fsp3) is 0.500. The first kappa shape index (κ1) is 7.90. The molecule has 0 aromatic rings. The predicted molar refractivity (Wildman–Crippen MR) is 25.9 cm³/mol. The molecule has 0 radical (unpaired) electrons. The number of hydrogen-bond acceptors (Lipinski definition) is 3. The van der Waals surface area contributed by atoms with E-state index in [0.29, 0.717) is 0 Å². The van der Waals surface area contributed by atoms with Gasteiger partial charge in [-0.2, -0.15) is 0 Å². The maximum atomic E-state index is 9.72. The molecule has 52 valence electrons. The topological polar surface area (TPSA) is 94.8 Å². The van der Waals surface area contributed by atoms with Gasteiger partial charge in [0, 0.05) is 0 Å². The van der Waals surface area contributed by atoms with Crippen LogP contribution >= 0.6 is 0 Å². The van der Waals surface area contributed by atoms with Gasteiger partial charge in [0.15, 0.2) is 6.10 Å². The molecule has 0 aromatic heterocycles. The molecule has 0 rings (SSSR count). The van der Waals surface area contributed by atoms with Crippen molar-refractivity contribution in [3.63, 3.8) is 0 Å². The molecule has 0 saturated carbocycles. The van der Waals surface area contributed by atoms with Crippen molar-refractivity contribution in [2.75, 3.05) is 0 Å². The van der Waals surface area contributed by atoms with Crippen LogP contribution in [0.1, 0.15) is 6.42 Å². The number of hydrogen-bond donors (Lipinski definition) is 3. The molecule has 3 N–H and O–H groups in total. The van der Waals surface area contributed by atoms with E-state index in [1.165, 1.54) is 0 Å². The standard InChI is InChI=1S/C4H6O5/c5-2(4(8)9)1-3(6)7/h2,5H,1H2,(H,6,7)(H,8,9)/i3+1. The zero-order chi connectivity index (χ0) is 7.44. The molecule has 0 amide bonds. The molecule has 0 aliphatic rings. The van der Waals surface area contributed by atoms with E-state index in [9.17, 15) is 9.59 Å². The lowest BCUT2D eigenvalue weighted by atomic mass is 10.3. The van der Waals surface area contributed by atoms with Crippen molar-refractivity contribution in [1.29, 1.82) is 0 Å². The second-order valence-corrected chi connectivity index (χ2v) is 1.45. The number of rotatable bonds is 3. The third-order valence-corrected chi connectivity index (χ3v) is 0.653. The smallest absolute Gasteiger partial charge is 0.333 e. The summed E-state index contributed by atoms with van der Waals surface area (Å²) in [5.74, 6) is -2.85. The van der Waals surface area contributed by atoms with Crippen LogP contribution in [0.4, 0.5) is 0 Å². The van der Waals surface area contributed by atoms with Crippen LogP contribution < -0.4 is 0 Å². The van der Waals surface area contributed by atoms with E-state index in [1.54, 1.807) is 0 Å². The second-order valence-electron chi connectivity index (χ2n) is 1.45. The van der Waals surface area contributed by atoms with Crippen LogP contribution in [0.2, 0.25) is 0 Å². The summed E-state index contributed by atoms with van der Waals surface area (Å²) in [5.41, 5.74) is 0. The molecule has 0 aliphatic heterocycles. The Bertz CT molecular complexity index is 129. The molecule has 9 heavy (non-hydrogen) atoms. The molecule has 0 aliphatic carbocycles. The molecule has 0 spiro atoms. The van der Waals surface area contributed by atoms with E-state index in [4.69, 9.17) is 15.3 Å². The number of carboxylic acids is 2. The van der Waals surface area contributed by atoms with E-state index in [0.717, 1.165) is 0 Å². The molecule has 0 heterocycles. The fourth-order valence-electron chi connectivity index (χ4n) is 0.253. The Labute approximate surface area is 50.5 Å². The van der Waals surface area contributed by atoms with Gasteiger partial charge in [0.25, 0.3) is 0 Å². The highest BCUT2D eigenvalue weighted by atomic mass is 16.5. The Morgan fingerprint density at radius 1 is 1.33 bits per heavy atom. The van der Waals surface area contributed by atoms with Crippen molar-refractivity contribution in [3.8, 4) is 0 Å². The highest BCUT2D eigenvalue weighted by Crippen LogP contribution is 1.89. The molecule has 0 aromatic carbocycles. The normalized spacial score (nSPS) is 12.6. The molecular formula is C4H6O5. The highest BCUT2D eigenvalue weighted by molar-refractivity contribution is 5.79. The first-order valence-electron chi connectivity index (χ1n) is 2.16. The third kappa shape index (κ3) is 3.48. The van der Waals surface area contributed by atoms with E-state index in [-0.39, 0.29) is 0 Å². The van der Waals surface area contributed by atoms with Gasteiger partial charge in [-0.05, 0) is 0 Å². The van der Waals surface area contributed by atoms with Crippen molar-refractivity contribution in [1.82, 2.24) is 0 Å². The Morgan fingerprint density at radius 3 is 1.89 bits per heavy atom. The number of carbonyl (C=O) groups is 2. The van der Waals surface area contributed by atoms with E-state index < -0.39 is 24.5 Å². The molecule has 5 heteroatoms. The molecule has 5 nitrogen and oxygen atoms in total. The summed E-state index contributed by atoms with van der Waals surface area (Å²) in [4.78, 5) is 19.4. The van der Waals surface area contributed by atoms with Crippen LogP contribution in [0.15, 0.2) is 0 Å². The molecule has 0 fully saturated rings. The second kappa shape index (κ2) is 3.03. The number of aliphatic carboxylic acids is 2. The van der Waals surface area contributed by atoms with Crippen molar-refractivity contribution in [3.05, 3.63) is 0 Å². The van der Waals surface area contributed by atoms with Gasteiger partial charge in [0.1, 0.15) is 0 Å². The minimum Gasteiger partial charge on any atom is -0.481 e. The Balaban J connectivity index is 3.63. The Kier molecular flexibility index (Phi) is 2.66. The summed E-state index contributed by atoms with van der Waals surface area (Å²) in [6.45, 7) is 0. The monoisotopic (exact) mass is 135 g/mol. The zero-order valence-corrected chi connectivity index (χ0v) is 4.44. The van der Waals surface area contributed by atoms with Crippen LogP contribution in [0.3, 0.4) is 0 Å². The van der Waals surface area contributed by atoms with E-state index in [2.05, 4.69) is 0 Å². The summed E-state index contributed by atoms with van der Waals surface area (Å²) in [6, 6.07) is 0. The molecule has 1 atom stereocenters. The Hall–Kier alpha value is -1.10. The molecule has 0 saturated heterocycles. The predicted octanol–water partition coefficient (Wildman–Crippen LogP) is -1.09. The van der Waals surface area contributed by atoms with Crippen molar-refractivity contribution < 1.29 is 24.9 Å². The van der Waals surface area contributed by atoms with Gasteiger partial charge in [-0.15, -0.1) is 0 Å². The van der Waals surface area contributed by atoms with Crippen LogP contribution in [0, 0.1) is 0 Å². The lowest BCUT2D eigenvalue weighted by Crippen LogP contribution is -2.22. The van der Waals surface area contributed by atoms with Crippen LogP contribution in [0.5, 0.6) is 0 Å².